The first-order valence-electron chi connectivity index (χ1n) is 5.86. The van der Waals surface area contributed by atoms with Crippen LogP contribution in [0.4, 0.5) is 5.13 Å². The molecule has 92 valence electrons. The second-order valence-electron chi connectivity index (χ2n) is 4.92. The molecular formula is C12H18N4S. The molecule has 2 rings (SSSR count). The number of thiazole rings is 1. The van der Waals surface area contributed by atoms with Crippen LogP contribution >= 0.6 is 11.3 Å². The van der Waals surface area contributed by atoms with Crippen LogP contribution in [-0.4, -0.2) is 41.6 Å². The zero-order chi connectivity index (χ0) is 12.5. The van der Waals surface area contributed by atoms with Gasteiger partial charge in [-0.3, -0.25) is 4.90 Å². The maximum atomic E-state index is 9.12. The Hall–Kier alpha value is -1.12. The van der Waals surface area contributed by atoms with Gasteiger partial charge in [0.1, 0.15) is 5.54 Å². The minimum atomic E-state index is -0.356. The highest BCUT2D eigenvalue weighted by Crippen LogP contribution is 2.23. The average Bonchev–Trinajstić information content (AvgIpc) is 2.76. The van der Waals surface area contributed by atoms with Gasteiger partial charge in [0.15, 0.2) is 5.13 Å². The molecule has 0 aliphatic carbocycles. The van der Waals surface area contributed by atoms with E-state index in [9.17, 15) is 0 Å². The van der Waals surface area contributed by atoms with Gasteiger partial charge >= 0.3 is 0 Å². The van der Waals surface area contributed by atoms with Crippen molar-refractivity contribution in [2.24, 2.45) is 0 Å². The molecule has 1 aromatic rings. The first-order valence-corrected chi connectivity index (χ1v) is 6.74. The summed E-state index contributed by atoms with van der Waals surface area (Å²) in [6, 6.07) is 2.36. The number of aryl methyl sites for hydroxylation is 1. The average molecular weight is 250 g/mol. The molecule has 1 aliphatic rings. The summed E-state index contributed by atoms with van der Waals surface area (Å²) in [6.45, 7) is 9.76. The molecule has 1 fully saturated rings. The molecule has 17 heavy (non-hydrogen) atoms. The summed E-state index contributed by atoms with van der Waals surface area (Å²) in [7, 11) is 0. The predicted octanol–water partition coefficient (Wildman–Crippen LogP) is 1.88. The maximum absolute atomic E-state index is 9.12. The monoisotopic (exact) mass is 250 g/mol. The van der Waals surface area contributed by atoms with Gasteiger partial charge < -0.3 is 4.90 Å². The third-order valence-electron chi connectivity index (χ3n) is 3.22. The van der Waals surface area contributed by atoms with E-state index in [4.69, 9.17) is 5.26 Å². The van der Waals surface area contributed by atoms with Gasteiger partial charge in [0, 0.05) is 31.6 Å². The largest absolute Gasteiger partial charge is 0.346 e. The van der Waals surface area contributed by atoms with Crippen molar-refractivity contribution in [3.63, 3.8) is 0 Å². The maximum Gasteiger partial charge on any atom is 0.185 e. The van der Waals surface area contributed by atoms with E-state index in [1.54, 1.807) is 11.3 Å². The van der Waals surface area contributed by atoms with Crippen molar-refractivity contribution in [2.75, 3.05) is 31.1 Å². The highest BCUT2D eigenvalue weighted by atomic mass is 32.1. The lowest BCUT2D eigenvalue weighted by Gasteiger charge is -2.40. The van der Waals surface area contributed by atoms with Crippen LogP contribution in [0.3, 0.4) is 0 Å². The Morgan fingerprint density at radius 3 is 2.47 bits per heavy atom. The van der Waals surface area contributed by atoms with Crippen molar-refractivity contribution in [1.82, 2.24) is 9.88 Å². The second kappa shape index (κ2) is 4.63. The Bertz CT molecular complexity index is 424. The van der Waals surface area contributed by atoms with E-state index in [2.05, 4.69) is 26.2 Å². The van der Waals surface area contributed by atoms with E-state index < -0.39 is 0 Å². The minimum Gasteiger partial charge on any atom is -0.346 e. The summed E-state index contributed by atoms with van der Waals surface area (Å²) in [5, 5.41) is 12.3. The number of piperazine rings is 1. The Labute approximate surface area is 106 Å². The van der Waals surface area contributed by atoms with Crippen molar-refractivity contribution in [3.05, 3.63) is 11.1 Å². The lowest BCUT2D eigenvalue weighted by Crippen LogP contribution is -2.54. The molecule has 0 spiro atoms. The number of hydrogen-bond donors (Lipinski definition) is 0. The number of nitrogens with zero attached hydrogens (tertiary/aromatic N) is 4. The lowest BCUT2D eigenvalue weighted by molar-refractivity contribution is 0.158. The molecule has 1 saturated heterocycles. The lowest BCUT2D eigenvalue weighted by atomic mass is 10.0. The van der Waals surface area contributed by atoms with Crippen LogP contribution in [0.5, 0.6) is 0 Å². The molecule has 0 aromatic carbocycles. The quantitative estimate of drug-likeness (QED) is 0.804. The Kier molecular flexibility index (Phi) is 3.36. The van der Waals surface area contributed by atoms with E-state index in [-0.39, 0.29) is 5.54 Å². The fourth-order valence-corrected chi connectivity index (χ4v) is 2.87. The van der Waals surface area contributed by atoms with E-state index >= 15 is 0 Å². The summed E-state index contributed by atoms with van der Waals surface area (Å²) < 4.78 is 0. The predicted molar refractivity (Wildman–Crippen MR) is 70.3 cm³/mol. The molecular weight excluding hydrogens is 232 g/mol. The van der Waals surface area contributed by atoms with Crippen molar-refractivity contribution in [2.45, 2.75) is 26.3 Å². The van der Waals surface area contributed by atoms with Gasteiger partial charge in [0.05, 0.1) is 11.8 Å². The topological polar surface area (TPSA) is 43.2 Å². The molecule has 1 aliphatic heterocycles. The van der Waals surface area contributed by atoms with Gasteiger partial charge in [-0.25, -0.2) is 4.98 Å². The van der Waals surface area contributed by atoms with Crippen molar-refractivity contribution < 1.29 is 0 Å². The highest BCUT2D eigenvalue weighted by Gasteiger charge is 2.30. The summed E-state index contributed by atoms with van der Waals surface area (Å²) in [6.07, 6.45) is 0. The molecule has 1 aromatic heterocycles. The molecule has 0 radical (unpaired) electrons. The van der Waals surface area contributed by atoms with Gasteiger partial charge in [-0.2, -0.15) is 5.26 Å². The Morgan fingerprint density at radius 2 is 2.00 bits per heavy atom. The van der Waals surface area contributed by atoms with Crippen molar-refractivity contribution >= 4 is 16.5 Å². The van der Waals surface area contributed by atoms with Crippen LogP contribution in [0.1, 0.15) is 19.5 Å². The standard InChI is InChI=1S/C12H18N4S/c1-10-8-17-11(14-10)15-4-6-16(7-5-15)12(2,3)9-13/h8H,4-7H2,1-3H3. The van der Waals surface area contributed by atoms with E-state index in [0.717, 1.165) is 37.0 Å². The normalized spacial score (nSPS) is 18.1. The zero-order valence-electron chi connectivity index (χ0n) is 10.6. The molecule has 0 unspecified atom stereocenters. The van der Waals surface area contributed by atoms with Crippen LogP contribution in [0.25, 0.3) is 0 Å². The molecule has 4 nitrogen and oxygen atoms in total. The third kappa shape index (κ3) is 2.59. The summed E-state index contributed by atoms with van der Waals surface area (Å²) >= 11 is 1.70. The van der Waals surface area contributed by atoms with Gasteiger partial charge in [-0.05, 0) is 20.8 Å². The summed E-state index contributed by atoms with van der Waals surface area (Å²) in [4.78, 5) is 9.05. The van der Waals surface area contributed by atoms with Crippen LogP contribution < -0.4 is 4.90 Å². The van der Waals surface area contributed by atoms with Gasteiger partial charge in [0.25, 0.3) is 0 Å². The SMILES string of the molecule is Cc1csc(N2CCN(C(C)(C)C#N)CC2)n1. The Balaban J connectivity index is 1.97. The molecule has 2 heterocycles. The fourth-order valence-electron chi connectivity index (χ4n) is 2.01. The number of hydrogen-bond acceptors (Lipinski definition) is 5. The van der Waals surface area contributed by atoms with E-state index in [1.165, 1.54) is 0 Å². The molecule has 0 amide bonds. The van der Waals surface area contributed by atoms with Gasteiger partial charge in [0.2, 0.25) is 0 Å². The number of nitriles is 1. The summed E-state index contributed by atoms with van der Waals surface area (Å²) in [5.74, 6) is 0. The van der Waals surface area contributed by atoms with Crippen LogP contribution in [0.15, 0.2) is 5.38 Å². The van der Waals surface area contributed by atoms with E-state index in [1.807, 2.05) is 20.8 Å². The first kappa shape index (κ1) is 12.3. The fraction of sp³-hybridized carbons (Fsp3) is 0.667. The van der Waals surface area contributed by atoms with Crippen LogP contribution in [0, 0.1) is 18.3 Å². The van der Waals surface area contributed by atoms with Crippen LogP contribution in [-0.2, 0) is 0 Å². The van der Waals surface area contributed by atoms with E-state index in [0.29, 0.717) is 0 Å². The smallest absolute Gasteiger partial charge is 0.185 e. The molecule has 0 N–H and O–H groups in total. The van der Waals surface area contributed by atoms with Crippen LogP contribution in [0.2, 0.25) is 0 Å². The number of rotatable bonds is 2. The molecule has 5 heteroatoms. The molecule has 0 saturated carbocycles. The molecule has 0 bridgehead atoms. The number of anilines is 1. The second-order valence-corrected chi connectivity index (χ2v) is 5.75. The number of aromatic nitrogens is 1. The third-order valence-corrected chi connectivity index (χ3v) is 4.24. The highest BCUT2D eigenvalue weighted by molar-refractivity contribution is 7.13. The van der Waals surface area contributed by atoms with Crippen molar-refractivity contribution in [3.8, 4) is 6.07 Å². The van der Waals surface area contributed by atoms with Gasteiger partial charge in [-0.15, -0.1) is 11.3 Å². The molecule has 0 atom stereocenters. The zero-order valence-corrected chi connectivity index (χ0v) is 11.4. The summed E-state index contributed by atoms with van der Waals surface area (Å²) in [5.41, 5.74) is 0.731. The first-order chi connectivity index (χ1) is 8.03. The minimum absolute atomic E-state index is 0.356. The van der Waals surface area contributed by atoms with Crippen molar-refractivity contribution in [1.29, 1.82) is 5.26 Å². The van der Waals surface area contributed by atoms with Gasteiger partial charge in [-0.1, -0.05) is 0 Å². The Morgan fingerprint density at radius 1 is 1.35 bits per heavy atom.